The molecule has 0 aliphatic carbocycles. The first-order valence-corrected chi connectivity index (χ1v) is 7.66. The number of pyridine rings is 1. The van der Waals surface area contributed by atoms with Crippen molar-refractivity contribution in [2.24, 2.45) is 5.73 Å². The number of carbonyl (C=O) groups is 1. The molecule has 3 N–H and O–H groups in total. The fourth-order valence-electron chi connectivity index (χ4n) is 3.07. The largest absolute Gasteiger partial charge is 0.359 e. The highest BCUT2D eigenvalue weighted by Gasteiger charge is 2.18. The molecule has 2 amide bonds. The van der Waals surface area contributed by atoms with Gasteiger partial charge in [-0.15, -0.1) is 0 Å². The van der Waals surface area contributed by atoms with Crippen molar-refractivity contribution in [3.63, 3.8) is 0 Å². The van der Waals surface area contributed by atoms with E-state index in [9.17, 15) is 4.79 Å². The number of urea groups is 1. The number of aromatic nitrogens is 2. The molecule has 4 aromatic rings. The van der Waals surface area contributed by atoms with Gasteiger partial charge in [0.25, 0.3) is 0 Å². The Bertz CT molecular complexity index is 1060. The molecule has 0 atom stereocenters. The van der Waals surface area contributed by atoms with Gasteiger partial charge in [0.15, 0.2) is 0 Å². The quantitative estimate of drug-likeness (QED) is 0.580. The summed E-state index contributed by atoms with van der Waals surface area (Å²) in [5, 5.41) is 1.92. The van der Waals surface area contributed by atoms with Crippen molar-refractivity contribution >= 4 is 39.2 Å². The van der Waals surface area contributed by atoms with Crippen LogP contribution in [0, 0.1) is 6.92 Å². The van der Waals surface area contributed by atoms with E-state index in [1.165, 1.54) is 4.90 Å². The lowest BCUT2D eigenvalue weighted by Gasteiger charge is -2.22. The third kappa shape index (κ3) is 2.27. The monoisotopic (exact) mass is 316 g/mol. The molecule has 2 aromatic carbocycles. The highest BCUT2D eigenvalue weighted by molar-refractivity contribution is 6.07. The zero-order chi connectivity index (χ0) is 16.7. The van der Waals surface area contributed by atoms with Crippen LogP contribution in [0.5, 0.6) is 0 Å². The predicted octanol–water partition coefficient (Wildman–Crippen LogP) is 4.24. The first-order chi connectivity index (χ1) is 11.6. The van der Waals surface area contributed by atoms with Crippen LogP contribution < -0.4 is 10.6 Å². The summed E-state index contributed by atoms with van der Waals surface area (Å²) >= 11 is 0. The second-order valence-electron chi connectivity index (χ2n) is 5.74. The van der Waals surface area contributed by atoms with Crippen molar-refractivity contribution in [2.75, 3.05) is 4.90 Å². The Morgan fingerprint density at radius 2 is 2.00 bits per heavy atom. The SMILES string of the molecule is Cc1cc2cc(N(C(N)=O)c3cccc4ncccc34)ccc2[nH]1. The van der Waals surface area contributed by atoms with E-state index < -0.39 is 6.03 Å². The van der Waals surface area contributed by atoms with Crippen LogP contribution in [0.3, 0.4) is 0 Å². The van der Waals surface area contributed by atoms with Crippen molar-refractivity contribution in [3.05, 3.63) is 66.5 Å². The van der Waals surface area contributed by atoms with Gasteiger partial charge in [0.2, 0.25) is 0 Å². The number of aryl methyl sites for hydroxylation is 1. The van der Waals surface area contributed by atoms with E-state index in [-0.39, 0.29) is 0 Å². The molecule has 0 aliphatic heterocycles. The lowest BCUT2D eigenvalue weighted by Crippen LogP contribution is -2.31. The van der Waals surface area contributed by atoms with E-state index in [1.54, 1.807) is 6.20 Å². The summed E-state index contributed by atoms with van der Waals surface area (Å²) in [5.41, 5.74) is 10.1. The van der Waals surface area contributed by atoms with E-state index in [0.29, 0.717) is 0 Å². The highest BCUT2D eigenvalue weighted by Crippen LogP contribution is 2.33. The summed E-state index contributed by atoms with van der Waals surface area (Å²) < 4.78 is 0. The second kappa shape index (κ2) is 5.38. The van der Waals surface area contributed by atoms with Crippen LogP contribution in [0.25, 0.3) is 21.8 Å². The van der Waals surface area contributed by atoms with Gasteiger partial charge >= 0.3 is 6.03 Å². The number of rotatable bonds is 2. The molecule has 24 heavy (non-hydrogen) atoms. The van der Waals surface area contributed by atoms with Crippen molar-refractivity contribution in [3.8, 4) is 0 Å². The summed E-state index contributed by atoms with van der Waals surface area (Å²) in [7, 11) is 0. The van der Waals surface area contributed by atoms with E-state index in [1.807, 2.05) is 61.5 Å². The van der Waals surface area contributed by atoms with Gasteiger partial charge in [-0.1, -0.05) is 6.07 Å². The predicted molar refractivity (Wildman–Crippen MR) is 96.5 cm³/mol. The Labute approximate surface area is 138 Å². The second-order valence-corrected chi connectivity index (χ2v) is 5.74. The minimum absolute atomic E-state index is 0.530. The number of hydrogen-bond acceptors (Lipinski definition) is 2. The fourth-order valence-corrected chi connectivity index (χ4v) is 3.07. The third-order valence-corrected chi connectivity index (χ3v) is 4.08. The van der Waals surface area contributed by atoms with Crippen molar-refractivity contribution in [1.82, 2.24) is 9.97 Å². The number of benzene rings is 2. The molecule has 0 spiro atoms. The van der Waals surface area contributed by atoms with Crippen LogP contribution in [-0.2, 0) is 0 Å². The molecule has 0 radical (unpaired) electrons. The van der Waals surface area contributed by atoms with E-state index in [4.69, 9.17) is 5.73 Å². The molecular weight excluding hydrogens is 300 g/mol. The summed E-state index contributed by atoms with van der Waals surface area (Å²) in [6.07, 6.45) is 1.73. The maximum absolute atomic E-state index is 12.2. The summed E-state index contributed by atoms with van der Waals surface area (Å²) in [4.78, 5) is 21.4. The van der Waals surface area contributed by atoms with E-state index in [2.05, 4.69) is 9.97 Å². The van der Waals surface area contributed by atoms with Gasteiger partial charge in [-0.05, 0) is 55.5 Å². The number of nitrogens with zero attached hydrogens (tertiary/aromatic N) is 2. The first-order valence-electron chi connectivity index (χ1n) is 7.66. The number of H-pyrrole nitrogens is 1. The molecule has 0 unspecified atom stereocenters. The summed E-state index contributed by atoms with van der Waals surface area (Å²) in [6, 6.07) is 16.8. The number of primary amides is 1. The summed E-state index contributed by atoms with van der Waals surface area (Å²) in [6.45, 7) is 2.00. The van der Waals surface area contributed by atoms with Crippen molar-refractivity contribution in [1.29, 1.82) is 0 Å². The van der Waals surface area contributed by atoms with Crippen LogP contribution in [0.4, 0.5) is 16.2 Å². The van der Waals surface area contributed by atoms with Crippen LogP contribution in [-0.4, -0.2) is 16.0 Å². The van der Waals surface area contributed by atoms with E-state index in [0.717, 1.165) is 38.9 Å². The number of amides is 2. The average molecular weight is 316 g/mol. The number of carbonyl (C=O) groups excluding carboxylic acids is 1. The minimum Gasteiger partial charge on any atom is -0.359 e. The van der Waals surface area contributed by atoms with Gasteiger partial charge in [-0.2, -0.15) is 0 Å². The van der Waals surface area contributed by atoms with Crippen LogP contribution >= 0.6 is 0 Å². The molecule has 0 aliphatic rings. The first kappa shape index (κ1) is 14.3. The molecule has 2 heterocycles. The molecular formula is C19H16N4O. The van der Waals surface area contributed by atoms with Gasteiger partial charge in [-0.25, -0.2) is 4.79 Å². The Balaban J connectivity index is 1.94. The molecule has 0 saturated carbocycles. The number of hydrogen-bond donors (Lipinski definition) is 2. The topological polar surface area (TPSA) is 75.0 Å². The van der Waals surface area contributed by atoms with Gasteiger partial charge < -0.3 is 10.7 Å². The van der Waals surface area contributed by atoms with Gasteiger partial charge in [0.05, 0.1) is 16.9 Å². The number of fused-ring (bicyclic) bond motifs is 2. The molecule has 118 valence electrons. The van der Waals surface area contributed by atoms with Gasteiger partial charge in [-0.3, -0.25) is 9.88 Å². The van der Waals surface area contributed by atoms with Gasteiger partial charge in [0.1, 0.15) is 0 Å². The summed E-state index contributed by atoms with van der Waals surface area (Å²) in [5.74, 6) is 0. The molecule has 4 rings (SSSR count). The molecule has 5 nitrogen and oxygen atoms in total. The van der Waals surface area contributed by atoms with Gasteiger partial charge in [0, 0.05) is 28.2 Å². The minimum atomic E-state index is -0.530. The van der Waals surface area contributed by atoms with Crippen molar-refractivity contribution < 1.29 is 4.79 Å². The number of anilines is 2. The zero-order valence-electron chi connectivity index (χ0n) is 13.2. The smallest absolute Gasteiger partial charge is 0.323 e. The number of nitrogens with two attached hydrogens (primary N) is 1. The Morgan fingerprint density at radius 3 is 2.83 bits per heavy atom. The van der Waals surface area contributed by atoms with Crippen LogP contribution in [0.15, 0.2) is 60.8 Å². The maximum atomic E-state index is 12.2. The number of nitrogens with one attached hydrogen (secondary N) is 1. The molecule has 0 bridgehead atoms. The van der Waals surface area contributed by atoms with Crippen LogP contribution in [0.2, 0.25) is 0 Å². The molecule has 0 fully saturated rings. The lowest BCUT2D eigenvalue weighted by atomic mass is 10.1. The lowest BCUT2D eigenvalue weighted by molar-refractivity contribution is 0.256. The van der Waals surface area contributed by atoms with E-state index >= 15 is 0 Å². The molecule has 0 saturated heterocycles. The van der Waals surface area contributed by atoms with Crippen molar-refractivity contribution in [2.45, 2.75) is 6.92 Å². The third-order valence-electron chi connectivity index (χ3n) is 4.08. The Hall–Kier alpha value is -3.34. The fraction of sp³-hybridized carbons (Fsp3) is 0.0526. The molecule has 2 aromatic heterocycles. The normalized spacial score (nSPS) is 11.0. The standard InChI is InChI=1S/C19H16N4O/c1-12-10-13-11-14(7-8-16(13)22-12)23(19(20)24)18-6-2-5-17-15(18)4-3-9-21-17/h2-11,22H,1H3,(H2,20,24). The number of aromatic amines is 1. The highest BCUT2D eigenvalue weighted by atomic mass is 16.2. The zero-order valence-corrected chi connectivity index (χ0v) is 13.2. The maximum Gasteiger partial charge on any atom is 0.323 e. The Kier molecular flexibility index (Phi) is 3.20. The average Bonchev–Trinajstić information content (AvgIpc) is 2.94. The molecule has 5 heteroatoms. The van der Waals surface area contributed by atoms with Crippen LogP contribution in [0.1, 0.15) is 5.69 Å². The Morgan fingerprint density at radius 1 is 1.12 bits per heavy atom.